The summed E-state index contributed by atoms with van der Waals surface area (Å²) in [5.74, 6) is 0. The molecule has 2 rings (SSSR count). The Morgan fingerprint density at radius 1 is 1.19 bits per heavy atom. The quantitative estimate of drug-likeness (QED) is 0.933. The predicted molar refractivity (Wildman–Crippen MR) is 66.3 cm³/mol. The van der Waals surface area contributed by atoms with Crippen LogP contribution in [-0.4, -0.2) is 11.2 Å². The van der Waals surface area contributed by atoms with E-state index < -0.39 is 0 Å². The van der Waals surface area contributed by atoms with Crippen molar-refractivity contribution in [3.8, 4) is 0 Å². The molecule has 1 unspecified atom stereocenters. The van der Waals surface area contributed by atoms with Crippen LogP contribution in [0, 0.1) is 0 Å². The van der Waals surface area contributed by atoms with E-state index in [1.807, 2.05) is 30.3 Å². The number of hydrogen-bond acceptors (Lipinski definition) is 2. The van der Waals surface area contributed by atoms with Crippen LogP contribution < -0.4 is 0 Å². The zero-order chi connectivity index (χ0) is 11.4. The first-order valence-corrected chi connectivity index (χ1v) is 5.97. The Labute approximate surface area is 103 Å². The molecular formula is C13H13BrO2. The maximum atomic E-state index is 9.94. The normalized spacial score (nSPS) is 12.6. The van der Waals surface area contributed by atoms with Crippen molar-refractivity contribution in [2.75, 3.05) is 0 Å². The lowest BCUT2D eigenvalue weighted by molar-refractivity contribution is 0.175. The number of furan rings is 1. The number of rotatable bonds is 4. The van der Waals surface area contributed by atoms with Gasteiger partial charge >= 0.3 is 0 Å². The van der Waals surface area contributed by atoms with Crippen molar-refractivity contribution in [2.45, 2.75) is 18.9 Å². The van der Waals surface area contributed by atoms with Crippen molar-refractivity contribution in [3.63, 3.8) is 0 Å². The molecule has 1 aromatic heterocycles. The van der Waals surface area contributed by atoms with E-state index in [4.69, 9.17) is 4.42 Å². The van der Waals surface area contributed by atoms with E-state index in [0.29, 0.717) is 12.8 Å². The molecule has 0 radical (unpaired) electrons. The number of aliphatic hydroxyl groups excluding tert-OH is 1. The molecule has 0 aliphatic heterocycles. The average Bonchev–Trinajstić information content (AvgIpc) is 2.74. The molecule has 0 aliphatic carbocycles. The first-order chi connectivity index (χ1) is 7.75. The second kappa shape index (κ2) is 5.32. The minimum absolute atomic E-state index is 0.378. The van der Waals surface area contributed by atoms with Crippen LogP contribution >= 0.6 is 15.9 Å². The van der Waals surface area contributed by atoms with Gasteiger partial charge in [0.1, 0.15) is 0 Å². The second-order valence-electron chi connectivity index (χ2n) is 3.79. The van der Waals surface area contributed by atoms with Gasteiger partial charge in [0.2, 0.25) is 0 Å². The molecule has 1 aromatic carbocycles. The van der Waals surface area contributed by atoms with Crippen LogP contribution in [0.3, 0.4) is 0 Å². The third kappa shape index (κ3) is 2.97. The lowest BCUT2D eigenvalue weighted by Gasteiger charge is -2.10. The molecule has 0 aliphatic rings. The molecule has 0 saturated carbocycles. The van der Waals surface area contributed by atoms with Gasteiger partial charge in [-0.3, -0.25) is 0 Å². The second-order valence-corrected chi connectivity index (χ2v) is 4.64. The summed E-state index contributed by atoms with van der Waals surface area (Å²) in [4.78, 5) is 0. The molecule has 0 saturated heterocycles. The Bertz CT molecular complexity index is 437. The fourth-order valence-electron chi connectivity index (χ4n) is 1.67. The monoisotopic (exact) mass is 280 g/mol. The summed E-state index contributed by atoms with van der Waals surface area (Å²) in [6.07, 6.45) is 4.19. The van der Waals surface area contributed by atoms with Gasteiger partial charge in [0.15, 0.2) is 0 Å². The fraction of sp³-hybridized carbons (Fsp3) is 0.231. The Morgan fingerprint density at radius 3 is 2.69 bits per heavy atom. The van der Waals surface area contributed by atoms with Crippen LogP contribution in [0.1, 0.15) is 11.1 Å². The zero-order valence-electron chi connectivity index (χ0n) is 8.77. The lowest BCUT2D eigenvalue weighted by atomic mass is 10.0. The van der Waals surface area contributed by atoms with Gasteiger partial charge in [-0.2, -0.15) is 0 Å². The van der Waals surface area contributed by atoms with E-state index in [9.17, 15) is 5.11 Å². The zero-order valence-corrected chi connectivity index (χ0v) is 10.4. The Morgan fingerprint density at radius 2 is 2.00 bits per heavy atom. The molecule has 2 nitrogen and oxygen atoms in total. The average molecular weight is 281 g/mol. The minimum Gasteiger partial charge on any atom is -0.472 e. The largest absolute Gasteiger partial charge is 0.472 e. The van der Waals surface area contributed by atoms with Crippen molar-refractivity contribution in [3.05, 3.63) is 58.5 Å². The molecule has 0 spiro atoms. The van der Waals surface area contributed by atoms with Crippen LogP contribution in [0.5, 0.6) is 0 Å². The number of hydrogen-bond donors (Lipinski definition) is 1. The number of halogens is 1. The predicted octanol–water partition coefficient (Wildman–Crippen LogP) is 3.19. The summed E-state index contributed by atoms with van der Waals surface area (Å²) in [5, 5.41) is 9.94. The molecule has 84 valence electrons. The number of benzene rings is 1. The highest BCUT2D eigenvalue weighted by molar-refractivity contribution is 9.10. The Hall–Kier alpha value is -1.06. The van der Waals surface area contributed by atoms with Crippen molar-refractivity contribution in [2.24, 2.45) is 0 Å². The standard InChI is InChI=1S/C13H13BrO2/c14-13-4-2-1-3-11(13)8-12(15)7-10-5-6-16-9-10/h1-6,9,12,15H,7-8H2. The van der Waals surface area contributed by atoms with Gasteiger partial charge in [0.25, 0.3) is 0 Å². The van der Waals surface area contributed by atoms with Gasteiger partial charge in [0, 0.05) is 10.9 Å². The van der Waals surface area contributed by atoms with Crippen LogP contribution in [0.4, 0.5) is 0 Å². The van der Waals surface area contributed by atoms with Gasteiger partial charge in [0.05, 0.1) is 18.6 Å². The third-order valence-corrected chi connectivity index (χ3v) is 3.24. The fourth-order valence-corrected chi connectivity index (χ4v) is 2.12. The molecule has 0 amide bonds. The molecule has 16 heavy (non-hydrogen) atoms. The molecule has 1 N–H and O–H groups in total. The molecule has 2 aromatic rings. The summed E-state index contributed by atoms with van der Waals surface area (Å²) < 4.78 is 6.01. The SMILES string of the molecule is OC(Cc1ccoc1)Cc1ccccc1Br. The van der Waals surface area contributed by atoms with E-state index in [2.05, 4.69) is 15.9 Å². The Balaban J connectivity index is 1.97. The smallest absolute Gasteiger partial charge is 0.0935 e. The van der Waals surface area contributed by atoms with Gasteiger partial charge in [-0.15, -0.1) is 0 Å². The van der Waals surface area contributed by atoms with E-state index >= 15 is 0 Å². The molecule has 3 heteroatoms. The molecule has 1 atom stereocenters. The summed E-state index contributed by atoms with van der Waals surface area (Å²) in [5.41, 5.74) is 2.15. The molecule has 1 heterocycles. The summed E-state index contributed by atoms with van der Waals surface area (Å²) in [6, 6.07) is 9.83. The van der Waals surface area contributed by atoms with E-state index in [0.717, 1.165) is 15.6 Å². The maximum absolute atomic E-state index is 9.94. The van der Waals surface area contributed by atoms with E-state index in [1.54, 1.807) is 12.5 Å². The van der Waals surface area contributed by atoms with Crippen LogP contribution in [0.25, 0.3) is 0 Å². The van der Waals surface area contributed by atoms with Crippen LogP contribution in [0.15, 0.2) is 51.7 Å². The van der Waals surface area contributed by atoms with E-state index in [-0.39, 0.29) is 6.10 Å². The van der Waals surface area contributed by atoms with Crippen molar-refractivity contribution < 1.29 is 9.52 Å². The molecular weight excluding hydrogens is 268 g/mol. The highest BCUT2D eigenvalue weighted by atomic mass is 79.9. The Kier molecular flexibility index (Phi) is 3.80. The molecule has 0 bridgehead atoms. The highest BCUT2D eigenvalue weighted by Crippen LogP contribution is 2.18. The van der Waals surface area contributed by atoms with Crippen molar-refractivity contribution >= 4 is 15.9 Å². The van der Waals surface area contributed by atoms with Gasteiger partial charge in [-0.25, -0.2) is 0 Å². The molecule has 0 fully saturated rings. The van der Waals surface area contributed by atoms with Crippen molar-refractivity contribution in [1.29, 1.82) is 0 Å². The minimum atomic E-state index is -0.378. The lowest BCUT2D eigenvalue weighted by Crippen LogP contribution is -2.13. The van der Waals surface area contributed by atoms with Gasteiger partial charge in [-0.1, -0.05) is 34.1 Å². The topological polar surface area (TPSA) is 33.4 Å². The van der Waals surface area contributed by atoms with Gasteiger partial charge in [-0.05, 0) is 29.7 Å². The van der Waals surface area contributed by atoms with Crippen LogP contribution in [0.2, 0.25) is 0 Å². The van der Waals surface area contributed by atoms with Gasteiger partial charge < -0.3 is 9.52 Å². The first-order valence-electron chi connectivity index (χ1n) is 5.18. The van der Waals surface area contributed by atoms with Crippen LogP contribution in [-0.2, 0) is 12.8 Å². The van der Waals surface area contributed by atoms with Crippen molar-refractivity contribution in [1.82, 2.24) is 0 Å². The third-order valence-electron chi connectivity index (χ3n) is 2.46. The highest BCUT2D eigenvalue weighted by Gasteiger charge is 2.09. The summed E-state index contributed by atoms with van der Waals surface area (Å²) >= 11 is 3.47. The first kappa shape index (κ1) is 11.4. The summed E-state index contributed by atoms with van der Waals surface area (Å²) in [6.45, 7) is 0. The number of aliphatic hydroxyl groups is 1. The maximum Gasteiger partial charge on any atom is 0.0935 e. The van der Waals surface area contributed by atoms with E-state index in [1.165, 1.54) is 0 Å². The summed E-state index contributed by atoms with van der Waals surface area (Å²) in [7, 11) is 0.